The monoisotopic (exact) mass is 342 g/mol. The second-order valence-electron chi connectivity index (χ2n) is 3.93. The molecule has 18 heavy (non-hydrogen) atoms. The number of thiophene rings is 1. The number of hydrogen-bond acceptors (Lipinski definition) is 2. The molecule has 0 aliphatic rings. The Morgan fingerprint density at radius 2 is 2.28 bits per heavy atom. The van der Waals surface area contributed by atoms with Gasteiger partial charge in [-0.15, -0.1) is 0 Å². The van der Waals surface area contributed by atoms with Gasteiger partial charge in [-0.3, -0.25) is 0 Å². The Hall–Kier alpha value is -0.980. The Balaban J connectivity index is 2.19. The normalized spacial score (nSPS) is 11.2. The van der Waals surface area contributed by atoms with Crippen LogP contribution in [-0.2, 0) is 6.54 Å². The fourth-order valence-corrected chi connectivity index (χ4v) is 3.15. The Morgan fingerprint density at radius 1 is 1.44 bits per heavy atom. The number of halogens is 2. The lowest BCUT2D eigenvalue weighted by Gasteiger charge is -2.03. The van der Waals surface area contributed by atoms with Crippen molar-refractivity contribution in [2.75, 3.05) is 0 Å². The van der Waals surface area contributed by atoms with E-state index < -0.39 is 0 Å². The van der Waals surface area contributed by atoms with Crippen LogP contribution < -0.4 is 0 Å². The number of benzene rings is 1. The zero-order valence-electron chi connectivity index (χ0n) is 9.11. The smallest absolute Gasteiger partial charge is 0.178 e. The third-order valence-corrected chi connectivity index (χ3v) is 4.40. The van der Waals surface area contributed by atoms with E-state index in [0.717, 1.165) is 11.0 Å². The van der Waals surface area contributed by atoms with Crippen LogP contribution in [0.5, 0.6) is 0 Å². The zero-order chi connectivity index (χ0) is 12.7. The number of aromatic amines is 1. The molecular formula is C12H8BrFN2S2. The summed E-state index contributed by atoms with van der Waals surface area (Å²) >= 11 is 10.1. The average Bonchev–Trinajstić information content (AvgIpc) is 2.92. The van der Waals surface area contributed by atoms with Gasteiger partial charge in [-0.25, -0.2) is 4.39 Å². The molecule has 0 unspecified atom stereocenters. The summed E-state index contributed by atoms with van der Waals surface area (Å²) in [5, 5.41) is 4.08. The average molecular weight is 343 g/mol. The molecule has 0 saturated heterocycles. The van der Waals surface area contributed by atoms with Crippen LogP contribution in [0.15, 0.2) is 33.4 Å². The van der Waals surface area contributed by atoms with Crippen molar-refractivity contribution in [3.05, 3.63) is 49.6 Å². The summed E-state index contributed by atoms with van der Waals surface area (Å²) in [6, 6.07) is 5.25. The van der Waals surface area contributed by atoms with E-state index >= 15 is 0 Å². The molecular weight excluding hydrogens is 335 g/mol. The molecule has 0 bridgehead atoms. The number of hydrogen-bond donors (Lipinski definition) is 1. The van der Waals surface area contributed by atoms with Gasteiger partial charge in [0.25, 0.3) is 0 Å². The molecule has 0 spiro atoms. The van der Waals surface area contributed by atoms with Crippen LogP contribution >= 0.6 is 39.5 Å². The number of fused-ring (bicyclic) bond motifs is 1. The number of rotatable bonds is 2. The van der Waals surface area contributed by atoms with E-state index in [2.05, 4.69) is 26.3 Å². The minimum Gasteiger partial charge on any atom is -0.331 e. The first-order chi connectivity index (χ1) is 8.65. The molecule has 0 aliphatic heterocycles. The fourth-order valence-electron chi connectivity index (χ4n) is 1.87. The molecule has 0 atom stereocenters. The van der Waals surface area contributed by atoms with Crippen LogP contribution in [-0.4, -0.2) is 9.55 Å². The second-order valence-corrected chi connectivity index (χ2v) is 5.95. The summed E-state index contributed by atoms with van der Waals surface area (Å²) in [7, 11) is 0. The molecule has 2 nitrogen and oxygen atoms in total. The van der Waals surface area contributed by atoms with Gasteiger partial charge in [-0.1, -0.05) is 0 Å². The molecule has 3 rings (SSSR count). The molecule has 2 heterocycles. The summed E-state index contributed by atoms with van der Waals surface area (Å²) in [5.41, 5.74) is 2.79. The van der Waals surface area contributed by atoms with Gasteiger partial charge in [0.2, 0.25) is 0 Å². The number of nitrogens with one attached hydrogen (secondary N) is 1. The lowest BCUT2D eigenvalue weighted by molar-refractivity contribution is 0.622. The third kappa shape index (κ3) is 2.04. The predicted molar refractivity (Wildman–Crippen MR) is 78.2 cm³/mol. The molecule has 2 aromatic heterocycles. The van der Waals surface area contributed by atoms with Crippen LogP contribution in [0.2, 0.25) is 0 Å². The van der Waals surface area contributed by atoms with Gasteiger partial charge >= 0.3 is 0 Å². The lowest BCUT2D eigenvalue weighted by Crippen LogP contribution is -1.98. The highest BCUT2D eigenvalue weighted by molar-refractivity contribution is 9.10. The van der Waals surface area contributed by atoms with Crippen molar-refractivity contribution in [2.24, 2.45) is 0 Å². The molecule has 1 N–H and O–H groups in total. The van der Waals surface area contributed by atoms with Gasteiger partial charge in [-0.2, -0.15) is 11.3 Å². The molecule has 0 amide bonds. The predicted octanol–water partition coefficient (Wildman–Crippen LogP) is 4.71. The first-order valence-corrected chi connectivity index (χ1v) is 7.38. The van der Waals surface area contributed by atoms with E-state index in [0.29, 0.717) is 15.8 Å². The highest BCUT2D eigenvalue weighted by Gasteiger charge is 2.09. The van der Waals surface area contributed by atoms with Crippen LogP contribution in [0, 0.1) is 10.6 Å². The maximum atomic E-state index is 13.6. The van der Waals surface area contributed by atoms with E-state index in [9.17, 15) is 4.39 Å². The van der Waals surface area contributed by atoms with Crippen molar-refractivity contribution in [3.63, 3.8) is 0 Å². The Morgan fingerprint density at radius 3 is 3.00 bits per heavy atom. The van der Waals surface area contributed by atoms with Crippen molar-refractivity contribution >= 4 is 50.5 Å². The molecule has 0 aliphatic carbocycles. The largest absolute Gasteiger partial charge is 0.331 e. The minimum absolute atomic E-state index is 0.282. The quantitative estimate of drug-likeness (QED) is 0.669. The standard InChI is InChI=1S/C12H8BrFN2S2/c13-8-3-10-11(4-9(8)14)16(12(17)15-10)5-7-1-2-18-6-7/h1-4,6H,5H2,(H,15,17). The molecule has 3 aromatic rings. The summed E-state index contributed by atoms with van der Waals surface area (Å²) in [6.07, 6.45) is 0. The summed E-state index contributed by atoms with van der Waals surface area (Å²) in [6.45, 7) is 0.656. The molecule has 0 radical (unpaired) electrons. The van der Waals surface area contributed by atoms with E-state index in [1.165, 1.54) is 11.6 Å². The minimum atomic E-state index is -0.282. The molecule has 1 aromatic carbocycles. The van der Waals surface area contributed by atoms with E-state index in [-0.39, 0.29) is 5.82 Å². The van der Waals surface area contributed by atoms with Gasteiger partial charge < -0.3 is 9.55 Å². The Bertz CT molecular complexity index is 758. The van der Waals surface area contributed by atoms with Gasteiger partial charge in [0.1, 0.15) is 5.82 Å². The van der Waals surface area contributed by atoms with Crippen LogP contribution in [0.4, 0.5) is 4.39 Å². The first kappa shape index (κ1) is 12.1. The van der Waals surface area contributed by atoms with Crippen molar-refractivity contribution < 1.29 is 4.39 Å². The van der Waals surface area contributed by atoms with Crippen molar-refractivity contribution in [2.45, 2.75) is 6.54 Å². The Kier molecular flexibility index (Phi) is 3.09. The second kappa shape index (κ2) is 4.60. The van der Waals surface area contributed by atoms with Gasteiger partial charge in [0, 0.05) is 6.07 Å². The highest BCUT2D eigenvalue weighted by Crippen LogP contribution is 2.24. The highest BCUT2D eigenvalue weighted by atomic mass is 79.9. The SMILES string of the molecule is Fc1cc2c(cc1Br)[nH]c(=S)n2Cc1ccsc1. The van der Waals surface area contributed by atoms with Crippen molar-refractivity contribution in [1.82, 2.24) is 9.55 Å². The zero-order valence-corrected chi connectivity index (χ0v) is 12.3. The Labute approximate surface area is 120 Å². The molecule has 0 fully saturated rings. The van der Waals surface area contributed by atoms with E-state index in [4.69, 9.17) is 12.2 Å². The maximum absolute atomic E-state index is 13.6. The van der Waals surface area contributed by atoms with Crippen LogP contribution in [0.25, 0.3) is 11.0 Å². The summed E-state index contributed by atoms with van der Waals surface area (Å²) < 4.78 is 16.6. The molecule has 0 saturated carbocycles. The summed E-state index contributed by atoms with van der Waals surface area (Å²) in [5.74, 6) is -0.282. The van der Waals surface area contributed by atoms with Gasteiger partial charge in [0.05, 0.1) is 22.1 Å². The lowest BCUT2D eigenvalue weighted by atomic mass is 10.3. The number of imidazole rings is 1. The maximum Gasteiger partial charge on any atom is 0.178 e. The number of nitrogens with zero attached hydrogens (tertiary/aromatic N) is 1. The fraction of sp³-hybridized carbons (Fsp3) is 0.0833. The van der Waals surface area contributed by atoms with Crippen LogP contribution in [0.3, 0.4) is 0 Å². The van der Waals surface area contributed by atoms with Crippen molar-refractivity contribution in [1.29, 1.82) is 0 Å². The van der Waals surface area contributed by atoms with E-state index in [1.807, 2.05) is 16.0 Å². The van der Waals surface area contributed by atoms with Gasteiger partial charge in [-0.05, 0) is 56.6 Å². The number of aromatic nitrogens is 2. The number of H-pyrrole nitrogens is 1. The molecule has 6 heteroatoms. The van der Waals surface area contributed by atoms with Gasteiger partial charge in [0.15, 0.2) is 4.77 Å². The third-order valence-electron chi connectivity index (χ3n) is 2.74. The topological polar surface area (TPSA) is 20.7 Å². The van der Waals surface area contributed by atoms with Crippen molar-refractivity contribution in [3.8, 4) is 0 Å². The van der Waals surface area contributed by atoms with Crippen LogP contribution in [0.1, 0.15) is 5.56 Å². The molecule has 92 valence electrons. The van der Waals surface area contributed by atoms with E-state index in [1.54, 1.807) is 17.4 Å². The summed E-state index contributed by atoms with van der Waals surface area (Å²) in [4.78, 5) is 3.09. The first-order valence-electron chi connectivity index (χ1n) is 5.24.